The zero-order chi connectivity index (χ0) is 15.9. The third-order valence-corrected chi connectivity index (χ3v) is 3.91. The Morgan fingerprint density at radius 3 is 2.55 bits per heavy atom. The molecule has 22 heavy (non-hydrogen) atoms. The largest absolute Gasteiger partial charge is 0.449 e. The molecule has 0 aliphatic carbocycles. The summed E-state index contributed by atoms with van der Waals surface area (Å²) in [6.07, 6.45) is 0. The fourth-order valence-electron chi connectivity index (χ4n) is 2.20. The molecule has 0 radical (unpaired) electrons. The third kappa shape index (κ3) is 2.45. The zero-order valence-corrected chi connectivity index (χ0v) is 12.9. The molecule has 1 heterocycles. The summed E-state index contributed by atoms with van der Waals surface area (Å²) in [5, 5.41) is 3.54. The molecule has 0 aliphatic heterocycles. The zero-order valence-electron chi connectivity index (χ0n) is 11.4. The lowest BCUT2D eigenvalue weighted by atomic mass is 10.1. The Morgan fingerprint density at radius 1 is 1.14 bits per heavy atom. The number of nitrogens with one attached hydrogen (secondary N) is 1. The van der Waals surface area contributed by atoms with Gasteiger partial charge in [0.15, 0.2) is 17.2 Å². The number of furan rings is 1. The molecule has 0 spiro atoms. The molecule has 0 fully saturated rings. The molecule has 0 aliphatic rings. The topological polar surface area (TPSA) is 42.2 Å². The number of hydrogen-bond donors (Lipinski definition) is 1. The molecule has 1 amide bonds. The van der Waals surface area contributed by atoms with Crippen LogP contribution < -0.4 is 5.32 Å². The Balaban J connectivity index is 2.01. The molecular weight excluding hydrogens is 328 g/mol. The predicted octanol–water partition coefficient (Wildman–Crippen LogP) is 5.44. The summed E-state index contributed by atoms with van der Waals surface area (Å²) in [7, 11) is 0. The van der Waals surface area contributed by atoms with E-state index in [-0.39, 0.29) is 16.5 Å². The summed E-state index contributed by atoms with van der Waals surface area (Å²) in [5.74, 6) is -1.17. The third-order valence-electron chi connectivity index (χ3n) is 3.32. The average Bonchev–Trinajstić information content (AvgIpc) is 2.83. The summed E-state index contributed by atoms with van der Waals surface area (Å²) in [6.45, 7) is 1.74. The van der Waals surface area contributed by atoms with Crippen LogP contribution in [0.4, 0.5) is 10.1 Å². The van der Waals surface area contributed by atoms with E-state index in [1.54, 1.807) is 31.2 Å². The van der Waals surface area contributed by atoms with Gasteiger partial charge in [-0.1, -0.05) is 41.4 Å². The van der Waals surface area contributed by atoms with Crippen LogP contribution in [0.2, 0.25) is 10.0 Å². The molecule has 1 N–H and O–H groups in total. The maximum absolute atomic E-state index is 13.8. The number of para-hydroxylation sites is 1. The summed E-state index contributed by atoms with van der Waals surface area (Å²) < 4.78 is 19.4. The lowest BCUT2D eigenvalue weighted by Gasteiger charge is -2.06. The van der Waals surface area contributed by atoms with Gasteiger partial charge in [0.2, 0.25) is 0 Å². The number of anilines is 1. The minimum atomic E-state index is -0.690. The van der Waals surface area contributed by atoms with Crippen molar-refractivity contribution in [3.05, 3.63) is 63.6 Å². The second-order valence-electron chi connectivity index (χ2n) is 4.73. The lowest BCUT2D eigenvalue weighted by molar-refractivity contribution is 0.0997. The number of aryl methyl sites for hydroxylation is 1. The molecule has 0 bridgehead atoms. The molecule has 112 valence electrons. The van der Waals surface area contributed by atoms with Crippen molar-refractivity contribution in [3.8, 4) is 0 Å². The van der Waals surface area contributed by atoms with E-state index in [2.05, 4.69) is 5.32 Å². The Labute approximate surface area is 135 Å². The number of carbonyl (C=O) groups excluding carboxylic acids is 1. The summed E-state index contributed by atoms with van der Waals surface area (Å²) in [5.41, 5.74) is 1.05. The first kappa shape index (κ1) is 14.9. The monoisotopic (exact) mass is 337 g/mol. The van der Waals surface area contributed by atoms with Crippen LogP contribution in [0.25, 0.3) is 11.0 Å². The van der Waals surface area contributed by atoms with Gasteiger partial charge >= 0.3 is 0 Å². The standard InChI is InChI=1S/C16H10Cl2FNO2/c1-8-9-4-2-6-11(18)15(9)22-14(8)16(21)20-12-7-3-5-10(17)13(12)19/h2-7H,1H3,(H,20,21). The van der Waals surface area contributed by atoms with E-state index in [4.69, 9.17) is 27.6 Å². The van der Waals surface area contributed by atoms with Gasteiger partial charge in [-0.05, 0) is 25.1 Å². The number of halogens is 3. The Morgan fingerprint density at radius 2 is 1.82 bits per heavy atom. The van der Waals surface area contributed by atoms with Crippen molar-refractivity contribution in [2.75, 3.05) is 5.32 Å². The number of benzene rings is 2. The molecule has 0 saturated carbocycles. The van der Waals surface area contributed by atoms with Crippen LogP contribution in [0.15, 0.2) is 40.8 Å². The van der Waals surface area contributed by atoms with Gasteiger partial charge in [0.05, 0.1) is 15.7 Å². The second kappa shape index (κ2) is 5.63. The highest BCUT2D eigenvalue weighted by molar-refractivity contribution is 6.35. The average molecular weight is 338 g/mol. The van der Waals surface area contributed by atoms with E-state index in [0.29, 0.717) is 16.2 Å². The normalized spacial score (nSPS) is 10.9. The number of amides is 1. The van der Waals surface area contributed by atoms with Crippen molar-refractivity contribution >= 4 is 45.8 Å². The van der Waals surface area contributed by atoms with Crippen molar-refractivity contribution in [2.24, 2.45) is 0 Å². The number of carbonyl (C=O) groups is 1. The van der Waals surface area contributed by atoms with Gasteiger partial charge in [0, 0.05) is 10.9 Å². The van der Waals surface area contributed by atoms with E-state index in [1.807, 2.05) is 0 Å². The van der Waals surface area contributed by atoms with Crippen LogP contribution in [-0.4, -0.2) is 5.91 Å². The molecule has 0 unspecified atom stereocenters. The van der Waals surface area contributed by atoms with Crippen molar-refractivity contribution in [1.29, 1.82) is 0 Å². The van der Waals surface area contributed by atoms with Crippen LogP contribution >= 0.6 is 23.2 Å². The quantitative estimate of drug-likeness (QED) is 0.676. The highest BCUT2D eigenvalue weighted by Crippen LogP contribution is 2.31. The van der Waals surface area contributed by atoms with Gasteiger partial charge in [-0.3, -0.25) is 4.79 Å². The van der Waals surface area contributed by atoms with E-state index < -0.39 is 11.7 Å². The number of hydrogen-bond acceptors (Lipinski definition) is 2. The van der Waals surface area contributed by atoms with E-state index >= 15 is 0 Å². The Bertz CT molecular complexity index is 889. The lowest BCUT2D eigenvalue weighted by Crippen LogP contribution is -2.13. The molecule has 3 aromatic rings. The first-order valence-corrected chi connectivity index (χ1v) is 7.17. The highest BCUT2D eigenvalue weighted by atomic mass is 35.5. The van der Waals surface area contributed by atoms with Gasteiger partial charge in [0.25, 0.3) is 5.91 Å². The minimum Gasteiger partial charge on any atom is -0.449 e. The number of rotatable bonds is 2. The van der Waals surface area contributed by atoms with Gasteiger partial charge < -0.3 is 9.73 Å². The smallest absolute Gasteiger partial charge is 0.291 e. The van der Waals surface area contributed by atoms with Gasteiger partial charge in [-0.25, -0.2) is 4.39 Å². The van der Waals surface area contributed by atoms with E-state index in [0.717, 1.165) is 5.39 Å². The fourth-order valence-corrected chi connectivity index (χ4v) is 2.59. The van der Waals surface area contributed by atoms with Crippen LogP contribution in [0.3, 0.4) is 0 Å². The first-order chi connectivity index (χ1) is 10.5. The van der Waals surface area contributed by atoms with Crippen molar-refractivity contribution in [3.63, 3.8) is 0 Å². The Kier molecular flexibility index (Phi) is 3.81. The molecule has 2 aromatic carbocycles. The maximum Gasteiger partial charge on any atom is 0.291 e. The van der Waals surface area contributed by atoms with Gasteiger partial charge in [0.1, 0.15) is 0 Å². The molecule has 3 nitrogen and oxygen atoms in total. The first-order valence-electron chi connectivity index (χ1n) is 6.42. The van der Waals surface area contributed by atoms with Crippen molar-refractivity contribution in [1.82, 2.24) is 0 Å². The van der Waals surface area contributed by atoms with E-state index in [1.165, 1.54) is 12.1 Å². The number of fused-ring (bicyclic) bond motifs is 1. The predicted molar refractivity (Wildman–Crippen MR) is 85.3 cm³/mol. The molecule has 6 heteroatoms. The van der Waals surface area contributed by atoms with Crippen molar-refractivity contribution in [2.45, 2.75) is 6.92 Å². The van der Waals surface area contributed by atoms with Crippen LogP contribution in [-0.2, 0) is 0 Å². The maximum atomic E-state index is 13.8. The van der Waals surface area contributed by atoms with E-state index in [9.17, 15) is 9.18 Å². The minimum absolute atomic E-state index is 0.0107. The molecule has 1 aromatic heterocycles. The van der Waals surface area contributed by atoms with Crippen LogP contribution in [0, 0.1) is 12.7 Å². The second-order valence-corrected chi connectivity index (χ2v) is 5.54. The van der Waals surface area contributed by atoms with Crippen LogP contribution in [0.5, 0.6) is 0 Å². The molecular formula is C16H10Cl2FNO2. The molecule has 3 rings (SSSR count). The summed E-state index contributed by atoms with van der Waals surface area (Å²) in [6, 6.07) is 9.61. The van der Waals surface area contributed by atoms with Crippen molar-refractivity contribution < 1.29 is 13.6 Å². The van der Waals surface area contributed by atoms with Gasteiger partial charge in [-0.2, -0.15) is 0 Å². The SMILES string of the molecule is Cc1c(C(=O)Nc2cccc(Cl)c2F)oc2c(Cl)cccc12. The molecule has 0 saturated heterocycles. The fraction of sp³-hybridized carbons (Fsp3) is 0.0625. The molecule has 0 atom stereocenters. The van der Waals surface area contributed by atoms with Crippen LogP contribution in [0.1, 0.15) is 16.1 Å². The summed E-state index contributed by atoms with van der Waals surface area (Å²) in [4.78, 5) is 12.3. The highest BCUT2D eigenvalue weighted by Gasteiger charge is 2.20. The summed E-state index contributed by atoms with van der Waals surface area (Å²) >= 11 is 11.7. The Hall–Kier alpha value is -2.04. The van der Waals surface area contributed by atoms with Gasteiger partial charge in [-0.15, -0.1) is 0 Å².